The molecule has 4 rings (SSSR count). The molecule has 5 nitrogen and oxygen atoms in total. The molecule has 0 aromatic heterocycles. The van der Waals surface area contributed by atoms with E-state index in [1.807, 2.05) is 24.3 Å². The Balaban J connectivity index is 0.00000240. The van der Waals surface area contributed by atoms with Gasteiger partial charge in [0.25, 0.3) is 0 Å². The summed E-state index contributed by atoms with van der Waals surface area (Å²) in [7, 11) is 0. The predicted molar refractivity (Wildman–Crippen MR) is 114 cm³/mol. The monoisotopic (exact) mass is 437 g/mol. The van der Waals surface area contributed by atoms with Crippen LogP contribution in [0.4, 0.5) is 15.8 Å². The van der Waals surface area contributed by atoms with Crippen molar-refractivity contribution in [1.29, 1.82) is 0 Å². The molecule has 8 heteroatoms. The SMILES string of the molecule is Cl.O=C1C(=O)N(c2ccccc2N2CCCC2)CCN1Cc1ccc(F)cc1Cl. The standard InChI is InChI=1S/C21H21ClFN3O2.ClH/c22-17-13-16(23)8-7-15(17)14-25-11-12-26(21(28)20(25)27)19-6-2-1-5-18(19)24-9-3-4-10-24;/h1-2,5-8,13H,3-4,9-12,14H2;1H. The zero-order chi connectivity index (χ0) is 19.7. The molecule has 0 radical (unpaired) electrons. The van der Waals surface area contributed by atoms with E-state index in [1.165, 1.54) is 17.0 Å². The molecule has 0 spiro atoms. The van der Waals surface area contributed by atoms with Gasteiger partial charge in [-0.3, -0.25) is 9.59 Å². The van der Waals surface area contributed by atoms with E-state index >= 15 is 0 Å². The Morgan fingerprint density at radius 3 is 2.28 bits per heavy atom. The van der Waals surface area contributed by atoms with Gasteiger partial charge in [-0.2, -0.15) is 0 Å². The maximum absolute atomic E-state index is 13.2. The van der Waals surface area contributed by atoms with Crippen molar-refractivity contribution in [3.8, 4) is 0 Å². The average molecular weight is 438 g/mol. The summed E-state index contributed by atoms with van der Waals surface area (Å²) >= 11 is 6.07. The Morgan fingerprint density at radius 1 is 0.897 bits per heavy atom. The fraction of sp³-hybridized carbons (Fsp3) is 0.333. The van der Waals surface area contributed by atoms with E-state index in [-0.39, 0.29) is 24.0 Å². The van der Waals surface area contributed by atoms with E-state index in [4.69, 9.17) is 11.6 Å². The maximum atomic E-state index is 13.2. The van der Waals surface area contributed by atoms with Crippen LogP contribution in [-0.4, -0.2) is 42.9 Å². The molecule has 0 aliphatic carbocycles. The van der Waals surface area contributed by atoms with Gasteiger partial charge in [-0.15, -0.1) is 12.4 Å². The normalized spacial score (nSPS) is 17.0. The Hall–Kier alpha value is -2.31. The van der Waals surface area contributed by atoms with Crippen LogP contribution >= 0.6 is 24.0 Å². The molecule has 0 saturated carbocycles. The molecule has 29 heavy (non-hydrogen) atoms. The number of amides is 2. The molecule has 0 atom stereocenters. The number of benzene rings is 2. The van der Waals surface area contributed by atoms with E-state index in [0.717, 1.165) is 37.3 Å². The summed E-state index contributed by atoms with van der Waals surface area (Å²) in [6, 6.07) is 11.8. The summed E-state index contributed by atoms with van der Waals surface area (Å²) in [5.74, 6) is -1.54. The van der Waals surface area contributed by atoms with Crippen LogP contribution in [0.2, 0.25) is 5.02 Å². The molecule has 2 heterocycles. The van der Waals surface area contributed by atoms with Crippen molar-refractivity contribution in [2.45, 2.75) is 19.4 Å². The first-order valence-electron chi connectivity index (χ1n) is 9.43. The molecule has 2 aromatic carbocycles. The Kier molecular flexibility index (Phi) is 6.65. The molecule has 2 amide bonds. The summed E-state index contributed by atoms with van der Waals surface area (Å²) in [4.78, 5) is 30.9. The van der Waals surface area contributed by atoms with Crippen LogP contribution < -0.4 is 9.80 Å². The first-order valence-corrected chi connectivity index (χ1v) is 9.81. The van der Waals surface area contributed by atoms with E-state index in [0.29, 0.717) is 18.7 Å². The van der Waals surface area contributed by atoms with Crippen LogP contribution in [0.1, 0.15) is 18.4 Å². The second-order valence-corrected chi connectivity index (χ2v) is 7.51. The lowest BCUT2D eigenvalue weighted by Gasteiger charge is -2.36. The quantitative estimate of drug-likeness (QED) is 0.681. The first kappa shape index (κ1) is 21.4. The molecule has 2 aliphatic heterocycles. The number of carbonyl (C=O) groups excluding carboxylic acids is 2. The molecule has 2 saturated heterocycles. The van der Waals surface area contributed by atoms with Gasteiger partial charge in [0, 0.05) is 37.7 Å². The number of piperazine rings is 1. The van der Waals surface area contributed by atoms with Crippen molar-refractivity contribution in [2.24, 2.45) is 0 Å². The Labute approximate surface area is 180 Å². The fourth-order valence-corrected chi connectivity index (χ4v) is 4.06. The van der Waals surface area contributed by atoms with E-state index in [1.54, 1.807) is 11.0 Å². The molecule has 2 fully saturated rings. The highest BCUT2D eigenvalue weighted by Crippen LogP contribution is 2.33. The second-order valence-electron chi connectivity index (χ2n) is 7.10. The van der Waals surface area contributed by atoms with E-state index in [9.17, 15) is 14.0 Å². The lowest BCUT2D eigenvalue weighted by molar-refractivity contribution is -0.146. The third kappa shape index (κ3) is 4.33. The molecule has 0 unspecified atom stereocenters. The predicted octanol–water partition coefficient (Wildman–Crippen LogP) is 3.88. The number of anilines is 2. The molecule has 2 aliphatic rings. The minimum absolute atomic E-state index is 0. The highest BCUT2D eigenvalue weighted by atomic mass is 35.5. The number of carbonyl (C=O) groups is 2. The Morgan fingerprint density at radius 2 is 1.59 bits per heavy atom. The third-order valence-corrected chi connectivity index (χ3v) is 5.66. The summed E-state index contributed by atoms with van der Waals surface area (Å²) < 4.78 is 13.2. The summed E-state index contributed by atoms with van der Waals surface area (Å²) in [6.45, 7) is 2.91. The van der Waals surface area contributed by atoms with Gasteiger partial charge in [-0.05, 0) is 42.7 Å². The number of para-hydroxylation sites is 2. The van der Waals surface area contributed by atoms with Gasteiger partial charge < -0.3 is 14.7 Å². The molecule has 0 N–H and O–H groups in total. The number of halogens is 3. The third-order valence-electron chi connectivity index (χ3n) is 5.30. The van der Waals surface area contributed by atoms with Gasteiger partial charge in [0.2, 0.25) is 0 Å². The van der Waals surface area contributed by atoms with Crippen LogP contribution in [0.5, 0.6) is 0 Å². The number of nitrogens with zero attached hydrogens (tertiary/aromatic N) is 3. The van der Waals surface area contributed by atoms with Gasteiger partial charge in [0.05, 0.1) is 11.4 Å². The highest BCUT2D eigenvalue weighted by Gasteiger charge is 2.35. The molecule has 154 valence electrons. The minimum Gasteiger partial charge on any atom is -0.370 e. The minimum atomic E-state index is -0.567. The fourth-order valence-electron chi connectivity index (χ4n) is 3.83. The summed E-state index contributed by atoms with van der Waals surface area (Å²) in [5.41, 5.74) is 2.40. The lowest BCUT2D eigenvalue weighted by Crippen LogP contribution is -2.54. The van der Waals surface area contributed by atoms with E-state index in [2.05, 4.69) is 4.90 Å². The largest absolute Gasteiger partial charge is 0.370 e. The molecule has 0 bridgehead atoms. The van der Waals surface area contributed by atoms with Gasteiger partial charge in [-0.1, -0.05) is 29.8 Å². The van der Waals surface area contributed by atoms with Gasteiger partial charge in [0.1, 0.15) is 5.82 Å². The van der Waals surface area contributed by atoms with Crippen molar-refractivity contribution >= 4 is 47.2 Å². The topological polar surface area (TPSA) is 43.9 Å². The van der Waals surface area contributed by atoms with Gasteiger partial charge in [-0.25, -0.2) is 4.39 Å². The zero-order valence-corrected chi connectivity index (χ0v) is 17.4. The van der Waals surface area contributed by atoms with Crippen molar-refractivity contribution < 1.29 is 14.0 Å². The van der Waals surface area contributed by atoms with Gasteiger partial charge in [0.15, 0.2) is 0 Å². The number of hydrogen-bond acceptors (Lipinski definition) is 3. The lowest BCUT2D eigenvalue weighted by atomic mass is 10.1. The van der Waals surface area contributed by atoms with Crippen molar-refractivity contribution in [3.05, 3.63) is 58.9 Å². The van der Waals surface area contributed by atoms with Crippen molar-refractivity contribution in [2.75, 3.05) is 36.0 Å². The highest BCUT2D eigenvalue weighted by molar-refractivity contribution is 6.41. The van der Waals surface area contributed by atoms with Crippen LogP contribution in [0.15, 0.2) is 42.5 Å². The smallest absolute Gasteiger partial charge is 0.316 e. The summed E-state index contributed by atoms with van der Waals surface area (Å²) in [6.07, 6.45) is 2.26. The first-order chi connectivity index (χ1) is 13.5. The zero-order valence-electron chi connectivity index (χ0n) is 15.8. The molecular weight excluding hydrogens is 416 g/mol. The van der Waals surface area contributed by atoms with Crippen LogP contribution in [0.25, 0.3) is 0 Å². The van der Waals surface area contributed by atoms with Crippen molar-refractivity contribution in [3.63, 3.8) is 0 Å². The van der Waals surface area contributed by atoms with Gasteiger partial charge >= 0.3 is 11.8 Å². The maximum Gasteiger partial charge on any atom is 0.316 e. The number of rotatable bonds is 4. The molecule has 2 aromatic rings. The van der Waals surface area contributed by atoms with Crippen LogP contribution in [0.3, 0.4) is 0 Å². The summed E-state index contributed by atoms with van der Waals surface area (Å²) in [5, 5.41) is 0.252. The van der Waals surface area contributed by atoms with Crippen molar-refractivity contribution in [1.82, 2.24) is 4.90 Å². The van der Waals surface area contributed by atoms with E-state index < -0.39 is 17.6 Å². The number of hydrogen-bond donors (Lipinski definition) is 0. The second kappa shape index (κ2) is 9.01. The Bertz CT molecular complexity index is 919. The van der Waals surface area contributed by atoms with Crippen LogP contribution in [0, 0.1) is 5.82 Å². The average Bonchev–Trinajstić information content (AvgIpc) is 3.22. The van der Waals surface area contributed by atoms with Crippen LogP contribution in [-0.2, 0) is 16.1 Å². The molecular formula is C21H22Cl2FN3O2.